The lowest BCUT2D eigenvalue weighted by molar-refractivity contribution is 0.0951. The van der Waals surface area contributed by atoms with Crippen LogP contribution in [0, 0.1) is 5.82 Å². The van der Waals surface area contributed by atoms with Crippen molar-refractivity contribution in [1.82, 2.24) is 15.3 Å². The average Bonchev–Trinajstić information content (AvgIpc) is 3.10. The van der Waals surface area contributed by atoms with Crippen molar-refractivity contribution in [3.05, 3.63) is 83.9 Å². The molecule has 0 spiro atoms. The van der Waals surface area contributed by atoms with Gasteiger partial charge in [-0.1, -0.05) is 12.1 Å². The summed E-state index contributed by atoms with van der Waals surface area (Å²) in [5.74, 6) is -0.265. The molecule has 0 atom stereocenters. The Bertz CT molecular complexity index is 1080. The number of nitrogens with zero attached hydrogens (tertiary/aromatic N) is 2. The van der Waals surface area contributed by atoms with E-state index in [1.54, 1.807) is 42.7 Å². The molecule has 6 heteroatoms. The van der Waals surface area contributed by atoms with Crippen LogP contribution in [0.2, 0.25) is 0 Å². The Morgan fingerprint density at radius 2 is 2.04 bits per heavy atom. The van der Waals surface area contributed by atoms with Crippen molar-refractivity contribution in [2.75, 3.05) is 0 Å². The van der Waals surface area contributed by atoms with E-state index in [2.05, 4.69) is 15.3 Å². The van der Waals surface area contributed by atoms with Crippen LogP contribution < -0.4 is 5.32 Å². The van der Waals surface area contributed by atoms with E-state index in [9.17, 15) is 9.18 Å². The maximum Gasteiger partial charge on any atom is 0.251 e. The first-order valence-electron chi connectivity index (χ1n) is 8.03. The molecular weight excluding hydrogens is 333 g/mol. The van der Waals surface area contributed by atoms with E-state index in [0.717, 1.165) is 5.56 Å². The molecule has 2 aromatic heterocycles. The molecule has 2 heterocycles. The molecule has 128 valence electrons. The average molecular weight is 347 g/mol. The normalized spacial score (nSPS) is 10.8. The van der Waals surface area contributed by atoms with E-state index in [1.807, 2.05) is 12.1 Å². The summed E-state index contributed by atoms with van der Waals surface area (Å²) in [6.07, 6.45) is 3.38. The molecule has 0 aliphatic rings. The molecule has 5 nitrogen and oxygen atoms in total. The van der Waals surface area contributed by atoms with Crippen LogP contribution in [0.25, 0.3) is 22.6 Å². The summed E-state index contributed by atoms with van der Waals surface area (Å²) in [6.45, 7) is 0.387. The minimum atomic E-state index is -0.361. The smallest absolute Gasteiger partial charge is 0.251 e. The molecule has 1 N–H and O–H groups in total. The molecule has 1 amide bonds. The van der Waals surface area contributed by atoms with Gasteiger partial charge in [0.15, 0.2) is 5.58 Å². The van der Waals surface area contributed by atoms with Crippen molar-refractivity contribution in [3.63, 3.8) is 0 Å². The van der Waals surface area contributed by atoms with Crippen LogP contribution in [0.5, 0.6) is 0 Å². The summed E-state index contributed by atoms with van der Waals surface area (Å²) in [4.78, 5) is 20.7. The number of oxazole rings is 1. The standard InChI is InChI=1S/C20H14FN3O2/c21-16-5-1-4-15(9-16)20-24-17-10-14(6-7-18(17)26-20)19(25)23-12-13-3-2-8-22-11-13/h1-11H,12H2,(H,23,25). The Morgan fingerprint density at radius 1 is 1.12 bits per heavy atom. The van der Waals surface area contributed by atoms with Crippen LogP contribution in [0.3, 0.4) is 0 Å². The largest absolute Gasteiger partial charge is 0.436 e. The number of nitrogens with one attached hydrogen (secondary N) is 1. The fourth-order valence-corrected chi connectivity index (χ4v) is 2.60. The lowest BCUT2D eigenvalue weighted by Gasteiger charge is -2.04. The van der Waals surface area contributed by atoms with Gasteiger partial charge >= 0.3 is 0 Å². The van der Waals surface area contributed by atoms with Gasteiger partial charge in [-0.15, -0.1) is 0 Å². The zero-order valence-electron chi connectivity index (χ0n) is 13.6. The Kier molecular flexibility index (Phi) is 4.15. The van der Waals surface area contributed by atoms with Crippen LogP contribution in [-0.2, 0) is 6.54 Å². The number of halogens is 1. The number of rotatable bonds is 4. The van der Waals surface area contributed by atoms with Crippen LogP contribution in [0.4, 0.5) is 4.39 Å². The fourth-order valence-electron chi connectivity index (χ4n) is 2.60. The van der Waals surface area contributed by atoms with Crippen LogP contribution in [-0.4, -0.2) is 15.9 Å². The molecule has 2 aromatic carbocycles. The van der Waals surface area contributed by atoms with E-state index in [0.29, 0.717) is 34.7 Å². The van der Waals surface area contributed by atoms with Gasteiger partial charge in [0, 0.05) is 30.1 Å². The number of aromatic nitrogens is 2. The van der Waals surface area contributed by atoms with Crippen molar-refractivity contribution in [2.45, 2.75) is 6.54 Å². The third kappa shape index (κ3) is 3.30. The predicted octanol–water partition coefficient (Wildman–Crippen LogP) is 3.96. The van der Waals surface area contributed by atoms with E-state index in [-0.39, 0.29) is 11.7 Å². The zero-order valence-corrected chi connectivity index (χ0v) is 13.6. The highest BCUT2D eigenvalue weighted by molar-refractivity contribution is 5.97. The molecule has 26 heavy (non-hydrogen) atoms. The summed E-state index contributed by atoms with van der Waals surface area (Å²) in [6, 6.07) is 14.7. The number of hydrogen-bond donors (Lipinski definition) is 1. The summed E-state index contributed by atoms with van der Waals surface area (Å²) in [5, 5.41) is 2.84. The molecule has 4 rings (SSSR count). The van der Waals surface area contributed by atoms with Gasteiger partial charge < -0.3 is 9.73 Å². The molecule has 0 bridgehead atoms. The minimum absolute atomic E-state index is 0.217. The molecule has 0 unspecified atom stereocenters. The summed E-state index contributed by atoms with van der Waals surface area (Å²) in [5.41, 5.74) is 3.01. The first kappa shape index (κ1) is 16.0. The van der Waals surface area contributed by atoms with E-state index in [4.69, 9.17) is 4.42 Å². The summed E-state index contributed by atoms with van der Waals surface area (Å²) < 4.78 is 19.0. The molecule has 0 radical (unpaired) electrons. The molecule has 0 saturated carbocycles. The Hall–Kier alpha value is -3.54. The Morgan fingerprint density at radius 3 is 2.85 bits per heavy atom. The third-order valence-electron chi connectivity index (χ3n) is 3.90. The van der Waals surface area contributed by atoms with E-state index >= 15 is 0 Å². The molecule has 0 aliphatic heterocycles. The summed E-state index contributed by atoms with van der Waals surface area (Å²) in [7, 11) is 0. The minimum Gasteiger partial charge on any atom is -0.436 e. The van der Waals surface area contributed by atoms with Crippen molar-refractivity contribution in [1.29, 1.82) is 0 Å². The van der Waals surface area contributed by atoms with E-state index in [1.165, 1.54) is 12.1 Å². The highest BCUT2D eigenvalue weighted by atomic mass is 19.1. The van der Waals surface area contributed by atoms with Crippen molar-refractivity contribution in [3.8, 4) is 11.5 Å². The van der Waals surface area contributed by atoms with Gasteiger partial charge in [-0.05, 0) is 48.0 Å². The highest BCUT2D eigenvalue weighted by Gasteiger charge is 2.12. The van der Waals surface area contributed by atoms with Gasteiger partial charge in [0.05, 0.1) is 0 Å². The third-order valence-corrected chi connectivity index (χ3v) is 3.90. The van der Waals surface area contributed by atoms with Crippen LogP contribution in [0.1, 0.15) is 15.9 Å². The van der Waals surface area contributed by atoms with Gasteiger partial charge in [-0.25, -0.2) is 9.37 Å². The molecule has 0 aliphatic carbocycles. The van der Waals surface area contributed by atoms with Gasteiger partial charge in [-0.2, -0.15) is 0 Å². The second-order valence-electron chi connectivity index (χ2n) is 5.76. The Labute approximate surface area is 148 Å². The van der Waals surface area contributed by atoms with Gasteiger partial charge in [0.1, 0.15) is 11.3 Å². The molecule has 4 aromatic rings. The maximum absolute atomic E-state index is 13.4. The van der Waals surface area contributed by atoms with Crippen molar-refractivity contribution in [2.24, 2.45) is 0 Å². The fraction of sp³-hybridized carbons (Fsp3) is 0.0500. The van der Waals surface area contributed by atoms with Crippen LogP contribution >= 0.6 is 0 Å². The number of carbonyl (C=O) groups is 1. The predicted molar refractivity (Wildman–Crippen MR) is 94.8 cm³/mol. The molecular formula is C20H14FN3O2. The molecule has 0 saturated heterocycles. The highest BCUT2D eigenvalue weighted by Crippen LogP contribution is 2.25. The zero-order chi connectivity index (χ0) is 17.9. The second kappa shape index (κ2) is 6.76. The number of benzene rings is 2. The monoisotopic (exact) mass is 347 g/mol. The van der Waals surface area contributed by atoms with Crippen LogP contribution in [0.15, 0.2) is 71.4 Å². The number of carbonyl (C=O) groups excluding carboxylic acids is 1. The quantitative estimate of drug-likeness (QED) is 0.607. The number of fused-ring (bicyclic) bond motifs is 1. The number of hydrogen-bond acceptors (Lipinski definition) is 4. The van der Waals surface area contributed by atoms with Crippen molar-refractivity contribution < 1.29 is 13.6 Å². The van der Waals surface area contributed by atoms with E-state index < -0.39 is 0 Å². The lowest BCUT2D eigenvalue weighted by atomic mass is 10.2. The van der Waals surface area contributed by atoms with Gasteiger partial charge in [-0.3, -0.25) is 9.78 Å². The maximum atomic E-state index is 13.4. The summed E-state index contributed by atoms with van der Waals surface area (Å²) >= 11 is 0. The first-order valence-corrected chi connectivity index (χ1v) is 8.03. The molecule has 0 fully saturated rings. The second-order valence-corrected chi connectivity index (χ2v) is 5.76. The van der Waals surface area contributed by atoms with Crippen molar-refractivity contribution >= 4 is 17.0 Å². The Balaban J connectivity index is 1.56. The van der Waals surface area contributed by atoms with Gasteiger partial charge in [0.2, 0.25) is 5.89 Å². The number of amides is 1. The van der Waals surface area contributed by atoms with Gasteiger partial charge in [0.25, 0.3) is 5.91 Å². The SMILES string of the molecule is O=C(NCc1cccnc1)c1ccc2oc(-c3cccc(F)c3)nc2c1. The topological polar surface area (TPSA) is 68.0 Å². The first-order chi connectivity index (χ1) is 12.7. The number of pyridine rings is 1. The lowest BCUT2D eigenvalue weighted by Crippen LogP contribution is -2.22.